The average molecular weight is 379 g/mol. The number of para-hydroxylation sites is 2. The minimum Gasteiger partial charge on any atom is -0.491 e. The zero-order chi connectivity index (χ0) is 19.5. The third-order valence-electron chi connectivity index (χ3n) is 4.92. The van der Waals surface area contributed by atoms with Crippen LogP contribution < -0.4 is 10.3 Å². The molecule has 1 aliphatic heterocycles. The zero-order valence-electron chi connectivity index (χ0n) is 16.2. The van der Waals surface area contributed by atoms with E-state index in [9.17, 15) is 4.79 Å². The van der Waals surface area contributed by atoms with Crippen molar-refractivity contribution in [3.05, 3.63) is 58.9 Å². The Bertz CT molecular complexity index is 1010. The number of rotatable bonds is 5. The van der Waals surface area contributed by atoms with Crippen molar-refractivity contribution in [3.63, 3.8) is 0 Å². The van der Waals surface area contributed by atoms with Crippen molar-refractivity contribution >= 4 is 10.9 Å². The summed E-state index contributed by atoms with van der Waals surface area (Å²) in [6.07, 6.45) is 0.478. The highest BCUT2D eigenvalue weighted by Crippen LogP contribution is 2.27. The standard InChI is InChI=1S/C22H25N3O3/c1-15-13-25(14-16(2)28-15)11-12-27-20-10-6-4-8-18(20)21-23-19-9-5-3-7-17(19)22(26)24-21/h3-10,15-16H,11-14H2,1-2H3,(H,23,24,26). The molecule has 1 saturated heterocycles. The predicted octanol–water partition coefficient (Wildman–Crippen LogP) is 3.08. The largest absolute Gasteiger partial charge is 0.491 e. The van der Waals surface area contributed by atoms with Crippen molar-refractivity contribution in [2.75, 3.05) is 26.2 Å². The van der Waals surface area contributed by atoms with E-state index in [-0.39, 0.29) is 17.8 Å². The van der Waals surface area contributed by atoms with Crippen LogP contribution in [0.25, 0.3) is 22.3 Å². The molecule has 2 unspecified atom stereocenters. The van der Waals surface area contributed by atoms with Crippen molar-refractivity contribution in [1.29, 1.82) is 0 Å². The summed E-state index contributed by atoms with van der Waals surface area (Å²) in [5.41, 5.74) is 1.31. The third-order valence-corrected chi connectivity index (χ3v) is 4.92. The highest BCUT2D eigenvalue weighted by atomic mass is 16.5. The first-order chi connectivity index (χ1) is 13.6. The summed E-state index contributed by atoms with van der Waals surface area (Å²) in [5.74, 6) is 1.24. The number of hydrogen-bond acceptors (Lipinski definition) is 5. The van der Waals surface area contributed by atoms with E-state index in [1.807, 2.05) is 42.5 Å². The Morgan fingerprint density at radius 1 is 1.11 bits per heavy atom. The summed E-state index contributed by atoms with van der Waals surface area (Å²) in [7, 11) is 0. The molecule has 6 nitrogen and oxygen atoms in total. The number of aromatic nitrogens is 2. The first-order valence-corrected chi connectivity index (χ1v) is 9.69. The van der Waals surface area contributed by atoms with Crippen LogP contribution in [0, 0.1) is 0 Å². The van der Waals surface area contributed by atoms with Crippen LogP contribution in [0.15, 0.2) is 53.3 Å². The summed E-state index contributed by atoms with van der Waals surface area (Å²) in [6.45, 7) is 7.41. The van der Waals surface area contributed by atoms with E-state index in [1.54, 1.807) is 6.07 Å². The second kappa shape index (κ2) is 8.12. The van der Waals surface area contributed by atoms with Gasteiger partial charge in [0.1, 0.15) is 18.2 Å². The molecule has 1 fully saturated rings. The van der Waals surface area contributed by atoms with E-state index < -0.39 is 0 Å². The maximum atomic E-state index is 12.4. The Kier molecular flexibility index (Phi) is 5.41. The molecule has 2 heterocycles. The average Bonchev–Trinajstić information content (AvgIpc) is 2.68. The number of nitrogens with one attached hydrogen (secondary N) is 1. The molecule has 2 aromatic carbocycles. The lowest BCUT2D eigenvalue weighted by Gasteiger charge is -2.35. The smallest absolute Gasteiger partial charge is 0.259 e. The third kappa shape index (κ3) is 4.08. The van der Waals surface area contributed by atoms with Crippen molar-refractivity contribution in [2.24, 2.45) is 0 Å². The van der Waals surface area contributed by atoms with Crippen LogP contribution in [0.2, 0.25) is 0 Å². The number of ether oxygens (including phenoxy) is 2. The molecule has 0 bridgehead atoms. The van der Waals surface area contributed by atoms with Crippen LogP contribution in [0.4, 0.5) is 0 Å². The molecule has 1 N–H and O–H groups in total. The van der Waals surface area contributed by atoms with E-state index in [1.165, 1.54) is 0 Å². The molecule has 0 amide bonds. The van der Waals surface area contributed by atoms with E-state index in [2.05, 4.69) is 28.7 Å². The Balaban J connectivity index is 1.52. The molecule has 3 aromatic rings. The fraction of sp³-hybridized carbons (Fsp3) is 0.364. The lowest BCUT2D eigenvalue weighted by Crippen LogP contribution is -2.46. The van der Waals surface area contributed by atoms with Gasteiger partial charge in [-0.3, -0.25) is 9.69 Å². The molecule has 2 atom stereocenters. The molecule has 146 valence electrons. The number of fused-ring (bicyclic) bond motifs is 1. The van der Waals surface area contributed by atoms with Gasteiger partial charge in [0, 0.05) is 19.6 Å². The number of morpholine rings is 1. The van der Waals surface area contributed by atoms with Gasteiger partial charge >= 0.3 is 0 Å². The minimum atomic E-state index is -0.147. The fourth-order valence-corrected chi connectivity index (χ4v) is 3.75. The van der Waals surface area contributed by atoms with E-state index in [4.69, 9.17) is 9.47 Å². The van der Waals surface area contributed by atoms with Gasteiger partial charge in [-0.25, -0.2) is 4.98 Å². The van der Waals surface area contributed by atoms with Gasteiger partial charge in [-0.2, -0.15) is 0 Å². The van der Waals surface area contributed by atoms with E-state index in [0.29, 0.717) is 23.3 Å². The van der Waals surface area contributed by atoms with Crippen molar-refractivity contribution in [1.82, 2.24) is 14.9 Å². The summed E-state index contributed by atoms with van der Waals surface area (Å²) < 4.78 is 11.9. The Morgan fingerprint density at radius 3 is 2.64 bits per heavy atom. The first-order valence-electron chi connectivity index (χ1n) is 9.69. The van der Waals surface area contributed by atoms with Crippen LogP contribution in [-0.4, -0.2) is 53.3 Å². The minimum absolute atomic E-state index is 0.147. The first kappa shape index (κ1) is 18.7. The van der Waals surface area contributed by atoms with Crippen molar-refractivity contribution < 1.29 is 9.47 Å². The van der Waals surface area contributed by atoms with Gasteiger partial charge < -0.3 is 14.5 Å². The summed E-state index contributed by atoms with van der Waals surface area (Å²) in [6, 6.07) is 15.0. The molecule has 1 aromatic heterocycles. The Labute approximate surface area is 164 Å². The van der Waals surface area contributed by atoms with Crippen LogP contribution in [0.5, 0.6) is 5.75 Å². The topological polar surface area (TPSA) is 67.5 Å². The molecule has 1 aliphatic rings. The van der Waals surface area contributed by atoms with Gasteiger partial charge in [0.15, 0.2) is 0 Å². The predicted molar refractivity (Wildman–Crippen MR) is 110 cm³/mol. The van der Waals surface area contributed by atoms with Gasteiger partial charge in [0.25, 0.3) is 5.56 Å². The Morgan fingerprint density at radius 2 is 1.82 bits per heavy atom. The zero-order valence-corrected chi connectivity index (χ0v) is 16.2. The van der Waals surface area contributed by atoms with Gasteiger partial charge in [-0.15, -0.1) is 0 Å². The maximum absolute atomic E-state index is 12.4. The molecule has 6 heteroatoms. The Hall–Kier alpha value is -2.70. The lowest BCUT2D eigenvalue weighted by atomic mass is 10.1. The summed E-state index contributed by atoms with van der Waals surface area (Å²) >= 11 is 0. The quantitative estimate of drug-likeness (QED) is 0.738. The number of H-pyrrole nitrogens is 1. The monoisotopic (exact) mass is 379 g/mol. The van der Waals surface area contributed by atoms with Gasteiger partial charge in [0.05, 0.1) is 28.7 Å². The number of benzene rings is 2. The highest BCUT2D eigenvalue weighted by Gasteiger charge is 2.22. The molecule has 0 radical (unpaired) electrons. The molecule has 28 heavy (non-hydrogen) atoms. The van der Waals surface area contributed by atoms with Crippen LogP contribution in [0.1, 0.15) is 13.8 Å². The van der Waals surface area contributed by atoms with Gasteiger partial charge in [0.2, 0.25) is 0 Å². The van der Waals surface area contributed by atoms with Crippen LogP contribution in [-0.2, 0) is 4.74 Å². The number of hydrogen-bond donors (Lipinski definition) is 1. The SMILES string of the molecule is CC1CN(CCOc2ccccc2-c2nc3ccccc3c(=O)[nH]2)CC(C)O1. The molecule has 4 rings (SSSR count). The fourth-order valence-electron chi connectivity index (χ4n) is 3.75. The van der Waals surface area contributed by atoms with Crippen molar-refractivity contribution in [2.45, 2.75) is 26.1 Å². The maximum Gasteiger partial charge on any atom is 0.259 e. The second-order valence-electron chi connectivity index (χ2n) is 7.29. The van der Waals surface area contributed by atoms with Crippen LogP contribution in [0.3, 0.4) is 0 Å². The highest BCUT2D eigenvalue weighted by molar-refractivity contribution is 5.80. The number of nitrogens with zero attached hydrogens (tertiary/aromatic N) is 2. The molecular formula is C22H25N3O3. The van der Waals surface area contributed by atoms with Crippen LogP contribution >= 0.6 is 0 Å². The molecule has 0 saturated carbocycles. The second-order valence-corrected chi connectivity index (χ2v) is 7.29. The summed E-state index contributed by atoms with van der Waals surface area (Å²) in [5, 5.41) is 0.584. The molecular weight excluding hydrogens is 354 g/mol. The van der Waals surface area contributed by atoms with Gasteiger partial charge in [-0.05, 0) is 38.1 Å². The normalized spacial score (nSPS) is 20.4. The molecule has 0 spiro atoms. The van der Waals surface area contributed by atoms with Crippen molar-refractivity contribution in [3.8, 4) is 17.1 Å². The lowest BCUT2D eigenvalue weighted by molar-refractivity contribution is -0.0699. The molecule has 0 aliphatic carbocycles. The summed E-state index contributed by atoms with van der Waals surface area (Å²) in [4.78, 5) is 22.3. The number of aromatic amines is 1. The van der Waals surface area contributed by atoms with Gasteiger partial charge in [-0.1, -0.05) is 24.3 Å². The van der Waals surface area contributed by atoms with E-state index >= 15 is 0 Å². The van der Waals surface area contributed by atoms with E-state index in [0.717, 1.165) is 30.9 Å².